The molecule has 0 radical (unpaired) electrons. The van der Waals surface area contributed by atoms with Crippen LogP contribution in [-0.4, -0.2) is 15.9 Å². The summed E-state index contributed by atoms with van der Waals surface area (Å²) in [7, 11) is 0. The molecule has 0 atom stereocenters. The van der Waals surface area contributed by atoms with Crippen LogP contribution in [0.4, 0.5) is 14.5 Å². The van der Waals surface area contributed by atoms with Crippen LogP contribution in [0.3, 0.4) is 0 Å². The van der Waals surface area contributed by atoms with Crippen LogP contribution in [-0.2, 0) is 6.54 Å². The van der Waals surface area contributed by atoms with Crippen molar-refractivity contribution >= 4 is 11.6 Å². The van der Waals surface area contributed by atoms with Crippen molar-refractivity contribution in [3.63, 3.8) is 0 Å². The number of hydrogen-bond donors (Lipinski definition) is 2. The molecule has 1 aromatic carbocycles. The highest BCUT2D eigenvalue weighted by Crippen LogP contribution is 2.18. The highest BCUT2D eigenvalue weighted by Gasteiger charge is 2.09. The normalized spacial score (nSPS) is 12.0. The second-order valence-corrected chi connectivity index (χ2v) is 5.31. The van der Waals surface area contributed by atoms with E-state index in [1.54, 1.807) is 0 Å². The Bertz CT molecular complexity index is 686. The first-order chi connectivity index (χ1) is 11.0. The van der Waals surface area contributed by atoms with E-state index >= 15 is 0 Å². The lowest BCUT2D eigenvalue weighted by Gasteiger charge is -2.10. The fourth-order valence-corrected chi connectivity index (χ4v) is 1.93. The maximum atomic E-state index is 12.6. The Balaban J connectivity index is 2.03. The molecule has 0 amide bonds. The summed E-state index contributed by atoms with van der Waals surface area (Å²) >= 11 is 0. The molecule has 0 saturated carbocycles. The highest BCUT2D eigenvalue weighted by atomic mass is 19.3. The fraction of sp³-hybridized carbons (Fsp3) is 0.312. The van der Waals surface area contributed by atoms with Gasteiger partial charge in [0, 0.05) is 11.9 Å². The number of nitrogens with zero attached hydrogens (tertiary/aromatic N) is 3. The average molecular weight is 319 g/mol. The van der Waals surface area contributed by atoms with Crippen LogP contribution in [0.2, 0.25) is 0 Å². The minimum atomic E-state index is -2.63. The Morgan fingerprint density at radius 3 is 2.78 bits per heavy atom. The zero-order valence-electron chi connectivity index (χ0n) is 13.0. The number of halogens is 2. The van der Waals surface area contributed by atoms with Gasteiger partial charge in [0.25, 0.3) is 6.43 Å². The SMILES string of the molecule is CC(C)c1cccc(NC(N)=NCc2nccc(C(F)F)n2)c1. The Hall–Kier alpha value is -2.57. The van der Waals surface area contributed by atoms with Crippen molar-refractivity contribution in [3.05, 3.63) is 53.6 Å². The molecule has 0 aliphatic rings. The smallest absolute Gasteiger partial charge is 0.280 e. The number of alkyl halides is 2. The molecule has 2 aromatic rings. The van der Waals surface area contributed by atoms with Gasteiger partial charge >= 0.3 is 0 Å². The molecule has 23 heavy (non-hydrogen) atoms. The van der Waals surface area contributed by atoms with E-state index in [9.17, 15) is 8.78 Å². The molecule has 1 aromatic heterocycles. The van der Waals surface area contributed by atoms with Gasteiger partial charge in [-0.1, -0.05) is 26.0 Å². The van der Waals surface area contributed by atoms with Gasteiger partial charge in [0.05, 0.1) is 0 Å². The Morgan fingerprint density at radius 2 is 2.09 bits per heavy atom. The van der Waals surface area contributed by atoms with Crippen LogP contribution in [0.5, 0.6) is 0 Å². The van der Waals surface area contributed by atoms with Crippen LogP contribution < -0.4 is 11.1 Å². The van der Waals surface area contributed by atoms with E-state index in [-0.39, 0.29) is 24.0 Å². The van der Waals surface area contributed by atoms with Crippen molar-refractivity contribution < 1.29 is 8.78 Å². The van der Waals surface area contributed by atoms with Gasteiger partial charge < -0.3 is 11.1 Å². The summed E-state index contributed by atoms with van der Waals surface area (Å²) in [5, 5.41) is 2.97. The van der Waals surface area contributed by atoms with Gasteiger partial charge in [-0.15, -0.1) is 0 Å². The molecular weight excluding hydrogens is 300 g/mol. The highest BCUT2D eigenvalue weighted by molar-refractivity contribution is 5.92. The number of aliphatic imine (C=N–C) groups is 1. The number of nitrogens with one attached hydrogen (secondary N) is 1. The second kappa shape index (κ2) is 7.62. The lowest BCUT2D eigenvalue weighted by atomic mass is 10.0. The molecule has 0 spiro atoms. The third kappa shape index (κ3) is 4.98. The second-order valence-electron chi connectivity index (χ2n) is 5.31. The number of nitrogens with two attached hydrogens (primary N) is 1. The van der Waals surface area contributed by atoms with Gasteiger partial charge in [0.15, 0.2) is 5.96 Å². The fourth-order valence-electron chi connectivity index (χ4n) is 1.93. The van der Waals surface area contributed by atoms with Gasteiger partial charge in [-0.2, -0.15) is 0 Å². The lowest BCUT2D eigenvalue weighted by Crippen LogP contribution is -2.22. The largest absolute Gasteiger partial charge is 0.370 e. The topological polar surface area (TPSA) is 76.2 Å². The molecule has 0 unspecified atom stereocenters. The molecule has 2 rings (SSSR count). The zero-order valence-corrected chi connectivity index (χ0v) is 13.0. The third-order valence-corrected chi connectivity index (χ3v) is 3.17. The quantitative estimate of drug-likeness (QED) is 0.653. The standard InChI is InChI=1S/C16H19F2N5/c1-10(2)11-4-3-5-12(8-11)22-16(19)21-9-14-20-7-6-13(23-14)15(17)18/h3-8,10,15H,9H2,1-2H3,(H3,19,21,22). The number of benzene rings is 1. The predicted molar refractivity (Wildman–Crippen MR) is 86.5 cm³/mol. The van der Waals surface area contributed by atoms with Gasteiger partial charge in [0.2, 0.25) is 0 Å². The van der Waals surface area contributed by atoms with Crippen molar-refractivity contribution in [3.8, 4) is 0 Å². The van der Waals surface area contributed by atoms with E-state index < -0.39 is 6.43 Å². The molecule has 7 heteroatoms. The van der Waals surface area contributed by atoms with Gasteiger partial charge in [-0.05, 0) is 29.7 Å². The van der Waals surface area contributed by atoms with Crippen molar-refractivity contribution in [1.29, 1.82) is 0 Å². The average Bonchev–Trinajstić information content (AvgIpc) is 2.53. The first-order valence-electron chi connectivity index (χ1n) is 7.22. The van der Waals surface area contributed by atoms with Crippen LogP contribution >= 0.6 is 0 Å². The first kappa shape index (κ1) is 16.8. The Morgan fingerprint density at radius 1 is 1.30 bits per heavy atom. The molecule has 122 valence electrons. The predicted octanol–water partition coefficient (Wildman–Crippen LogP) is 3.46. The molecule has 5 nitrogen and oxygen atoms in total. The minimum absolute atomic E-state index is 0.0310. The van der Waals surface area contributed by atoms with Crippen molar-refractivity contribution in [2.24, 2.45) is 10.7 Å². The summed E-state index contributed by atoms with van der Waals surface area (Å²) in [5.41, 5.74) is 7.49. The molecule has 0 bridgehead atoms. The van der Waals surface area contributed by atoms with E-state index in [4.69, 9.17) is 5.73 Å². The van der Waals surface area contributed by atoms with Crippen molar-refractivity contribution in [2.45, 2.75) is 32.7 Å². The third-order valence-electron chi connectivity index (χ3n) is 3.17. The minimum Gasteiger partial charge on any atom is -0.370 e. The van der Waals surface area contributed by atoms with Crippen LogP contribution in [0.15, 0.2) is 41.5 Å². The van der Waals surface area contributed by atoms with Crippen LogP contribution in [0, 0.1) is 0 Å². The Kier molecular flexibility index (Phi) is 5.56. The molecule has 0 fully saturated rings. The van der Waals surface area contributed by atoms with Crippen LogP contribution in [0.1, 0.15) is 43.3 Å². The lowest BCUT2D eigenvalue weighted by molar-refractivity contribution is 0.145. The first-order valence-corrected chi connectivity index (χ1v) is 7.22. The van der Waals surface area contributed by atoms with Crippen LogP contribution in [0.25, 0.3) is 0 Å². The maximum absolute atomic E-state index is 12.6. The molecular formula is C16H19F2N5. The van der Waals surface area contributed by atoms with Crippen molar-refractivity contribution in [1.82, 2.24) is 9.97 Å². The molecule has 0 aliphatic carbocycles. The summed E-state index contributed by atoms with van der Waals surface area (Å²) in [6.07, 6.45) is -1.34. The number of guanidine groups is 1. The molecule has 3 N–H and O–H groups in total. The number of aromatic nitrogens is 2. The number of hydrogen-bond acceptors (Lipinski definition) is 3. The van der Waals surface area contributed by atoms with E-state index in [2.05, 4.69) is 34.1 Å². The summed E-state index contributed by atoms with van der Waals surface area (Å²) in [4.78, 5) is 11.7. The van der Waals surface area contributed by atoms with Crippen molar-refractivity contribution in [2.75, 3.05) is 5.32 Å². The molecule has 0 aliphatic heterocycles. The zero-order chi connectivity index (χ0) is 16.8. The number of anilines is 1. The van der Waals surface area contributed by atoms with Gasteiger partial charge in [0.1, 0.15) is 18.1 Å². The molecule has 1 heterocycles. The summed E-state index contributed by atoms with van der Waals surface area (Å²) < 4.78 is 25.1. The van der Waals surface area contributed by atoms with E-state index in [0.717, 1.165) is 5.69 Å². The summed E-state index contributed by atoms with van der Waals surface area (Å²) in [5.74, 6) is 0.779. The summed E-state index contributed by atoms with van der Waals surface area (Å²) in [6.45, 7) is 4.23. The molecule has 0 saturated heterocycles. The number of rotatable bonds is 5. The van der Waals surface area contributed by atoms with E-state index in [1.165, 1.54) is 17.8 Å². The Labute approximate surface area is 133 Å². The summed E-state index contributed by atoms with van der Waals surface area (Å²) in [6, 6.07) is 9.01. The monoisotopic (exact) mass is 319 g/mol. The van der Waals surface area contributed by atoms with Gasteiger partial charge in [-0.3, -0.25) is 0 Å². The van der Waals surface area contributed by atoms with E-state index in [1.807, 2.05) is 24.3 Å². The maximum Gasteiger partial charge on any atom is 0.280 e. The van der Waals surface area contributed by atoms with Gasteiger partial charge in [-0.25, -0.2) is 23.7 Å². The van der Waals surface area contributed by atoms with E-state index in [0.29, 0.717) is 5.92 Å².